The minimum Gasteiger partial charge on any atom is -0.326 e. The average molecular weight is 252 g/mol. The summed E-state index contributed by atoms with van der Waals surface area (Å²) in [4.78, 5) is 3.84. The van der Waals surface area contributed by atoms with E-state index in [0.717, 1.165) is 6.07 Å². The fourth-order valence-electron chi connectivity index (χ4n) is 1.73. The van der Waals surface area contributed by atoms with Gasteiger partial charge >= 0.3 is 6.18 Å². The molecule has 1 aromatic carbocycles. The first-order valence-electron chi connectivity index (χ1n) is 5.33. The van der Waals surface area contributed by atoms with E-state index in [0.29, 0.717) is 11.1 Å². The maximum absolute atomic E-state index is 12.9. The van der Waals surface area contributed by atoms with Crippen molar-refractivity contribution < 1.29 is 13.2 Å². The van der Waals surface area contributed by atoms with Gasteiger partial charge in [0.25, 0.3) is 0 Å². The van der Waals surface area contributed by atoms with Gasteiger partial charge in [0.05, 0.1) is 5.56 Å². The van der Waals surface area contributed by atoms with Gasteiger partial charge in [-0.2, -0.15) is 13.2 Å². The van der Waals surface area contributed by atoms with Crippen LogP contribution in [0.5, 0.6) is 0 Å². The Bertz CT molecular complexity index is 536. The molecule has 94 valence electrons. The smallest absolute Gasteiger partial charge is 0.326 e. The highest BCUT2D eigenvalue weighted by molar-refractivity contribution is 5.68. The van der Waals surface area contributed by atoms with Crippen molar-refractivity contribution >= 4 is 0 Å². The van der Waals surface area contributed by atoms with Crippen LogP contribution in [0.3, 0.4) is 0 Å². The van der Waals surface area contributed by atoms with E-state index < -0.39 is 11.7 Å². The van der Waals surface area contributed by atoms with Gasteiger partial charge in [0, 0.05) is 24.5 Å². The first-order chi connectivity index (χ1) is 8.52. The van der Waals surface area contributed by atoms with E-state index in [2.05, 4.69) is 4.98 Å². The molecule has 0 amide bonds. The quantitative estimate of drug-likeness (QED) is 0.891. The van der Waals surface area contributed by atoms with Crippen molar-refractivity contribution in [3.05, 3.63) is 53.9 Å². The number of nitrogens with zero attached hydrogens (tertiary/aromatic N) is 1. The maximum atomic E-state index is 12.9. The Morgan fingerprint density at radius 1 is 1.17 bits per heavy atom. The van der Waals surface area contributed by atoms with Crippen LogP contribution < -0.4 is 5.73 Å². The van der Waals surface area contributed by atoms with Gasteiger partial charge in [0.2, 0.25) is 0 Å². The van der Waals surface area contributed by atoms with Gasteiger partial charge in [-0.25, -0.2) is 0 Å². The molecule has 2 nitrogen and oxygen atoms in total. The molecule has 0 unspecified atom stereocenters. The molecule has 18 heavy (non-hydrogen) atoms. The van der Waals surface area contributed by atoms with E-state index in [1.807, 2.05) is 0 Å². The molecule has 0 aliphatic carbocycles. The number of hydrogen-bond donors (Lipinski definition) is 1. The lowest BCUT2D eigenvalue weighted by atomic mass is 9.98. The molecular formula is C13H11F3N2. The predicted molar refractivity (Wildman–Crippen MR) is 62.6 cm³/mol. The minimum atomic E-state index is -4.39. The molecule has 0 bridgehead atoms. The normalized spacial score (nSPS) is 11.6. The standard InChI is InChI=1S/C13H11F3N2/c14-13(15,16)12-4-3-9(7-17)6-11(12)10-2-1-5-18-8-10/h1-6,8H,7,17H2. The van der Waals surface area contributed by atoms with Gasteiger partial charge in [-0.15, -0.1) is 0 Å². The first kappa shape index (κ1) is 12.6. The van der Waals surface area contributed by atoms with Crippen LogP contribution in [0.15, 0.2) is 42.7 Å². The summed E-state index contributed by atoms with van der Waals surface area (Å²) in [6.45, 7) is 0.200. The topological polar surface area (TPSA) is 38.9 Å². The number of hydrogen-bond acceptors (Lipinski definition) is 2. The summed E-state index contributed by atoms with van der Waals surface area (Å²) in [5.74, 6) is 0. The van der Waals surface area contributed by atoms with E-state index in [4.69, 9.17) is 5.73 Å². The Hall–Kier alpha value is -1.88. The highest BCUT2D eigenvalue weighted by Crippen LogP contribution is 2.37. The van der Waals surface area contributed by atoms with Gasteiger partial charge in [0.1, 0.15) is 0 Å². The largest absolute Gasteiger partial charge is 0.417 e. The lowest BCUT2D eigenvalue weighted by Gasteiger charge is -2.14. The summed E-state index contributed by atoms with van der Waals surface area (Å²) in [5.41, 5.74) is 5.98. The Kier molecular flexibility index (Phi) is 3.34. The fourth-order valence-corrected chi connectivity index (χ4v) is 1.73. The molecule has 1 aromatic heterocycles. The molecule has 0 saturated carbocycles. The molecule has 0 aliphatic heterocycles. The summed E-state index contributed by atoms with van der Waals surface area (Å²) in [7, 11) is 0. The number of halogens is 3. The van der Waals surface area contributed by atoms with Crippen LogP contribution in [0.2, 0.25) is 0 Å². The lowest BCUT2D eigenvalue weighted by molar-refractivity contribution is -0.137. The summed E-state index contributed by atoms with van der Waals surface area (Å²) in [6, 6.07) is 7.11. The van der Waals surface area contributed by atoms with E-state index in [-0.39, 0.29) is 12.1 Å². The van der Waals surface area contributed by atoms with Crippen molar-refractivity contribution in [3.8, 4) is 11.1 Å². The van der Waals surface area contributed by atoms with Crippen molar-refractivity contribution in [1.82, 2.24) is 4.98 Å². The fraction of sp³-hybridized carbons (Fsp3) is 0.154. The number of aromatic nitrogens is 1. The monoisotopic (exact) mass is 252 g/mol. The van der Waals surface area contributed by atoms with Gasteiger partial charge in [0.15, 0.2) is 0 Å². The molecular weight excluding hydrogens is 241 g/mol. The minimum absolute atomic E-state index is 0.110. The van der Waals surface area contributed by atoms with Crippen LogP contribution in [0.1, 0.15) is 11.1 Å². The Morgan fingerprint density at radius 3 is 2.50 bits per heavy atom. The van der Waals surface area contributed by atoms with Crippen molar-refractivity contribution in [3.63, 3.8) is 0 Å². The lowest BCUT2D eigenvalue weighted by Crippen LogP contribution is -2.08. The molecule has 0 fully saturated rings. The number of benzene rings is 1. The second-order valence-corrected chi connectivity index (χ2v) is 3.82. The van der Waals surface area contributed by atoms with Crippen LogP contribution in [0.4, 0.5) is 13.2 Å². The summed E-state index contributed by atoms with van der Waals surface area (Å²) in [5, 5.41) is 0. The highest BCUT2D eigenvalue weighted by atomic mass is 19.4. The van der Waals surface area contributed by atoms with Crippen molar-refractivity contribution in [2.24, 2.45) is 5.73 Å². The average Bonchev–Trinajstić information content (AvgIpc) is 2.38. The van der Waals surface area contributed by atoms with Crippen LogP contribution in [-0.4, -0.2) is 4.98 Å². The number of rotatable bonds is 2. The highest BCUT2D eigenvalue weighted by Gasteiger charge is 2.33. The zero-order valence-electron chi connectivity index (χ0n) is 9.41. The summed E-state index contributed by atoms with van der Waals surface area (Å²) >= 11 is 0. The van der Waals surface area contributed by atoms with Gasteiger partial charge in [-0.05, 0) is 29.3 Å². The Morgan fingerprint density at radius 2 is 1.94 bits per heavy atom. The number of pyridine rings is 1. The Labute approximate surface area is 102 Å². The van der Waals surface area contributed by atoms with E-state index in [1.165, 1.54) is 24.5 Å². The third-order valence-electron chi connectivity index (χ3n) is 2.60. The molecule has 0 spiro atoms. The number of nitrogens with two attached hydrogens (primary N) is 1. The van der Waals surface area contributed by atoms with Gasteiger partial charge < -0.3 is 5.73 Å². The molecule has 5 heteroatoms. The first-order valence-corrected chi connectivity index (χ1v) is 5.33. The zero-order chi connectivity index (χ0) is 13.2. The van der Waals surface area contributed by atoms with Crippen molar-refractivity contribution in [2.75, 3.05) is 0 Å². The number of alkyl halides is 3. The molecule has 0 aliphatic rings. The van der Waals surface area contributed by atoms with E-state index >= 15 is 0 Å². The summed E-state index contributed by atoms with van der Waals surface area (Å²) in [6.07, 6.45) is -1.47. The second kappa shape index (κ2) is 4.78. The Balaban J connectivity index is 2.62. The van der Waals surface area contributed by atoms with Crippen LogP contribution in [0, 0.1) is 0 Å². The van der Waals surface area contributed by atoms with Crippen LogP contribution >= 0.6 is 0 Å². The molecule has 2 aromatic rings. The maximum Gasteiger partial charge on any atom is 0.417 e. The molecule has 2 N–H and O–H groups in total. The summed E-state index contributed by atoms with van der Waals surface area (Å²) < 4.78 is 38.8. The zero-order valence-corrected chi connectivity index (χ0v) is 9.41. The molecule has 1 heterocycles. The molecule has 0 saturated heterocycles. The van der Waals surface area contributed by atoms with E-state index in [9.17, 15) is 13.2 Å². The SMILES string of the molecule is NCc1ccc(C(F)(F)F)c(-c2cccnc2)c1. The van der Waals surface area contributed by atoms with Crippen LogP contribution in [0.25, 0.3) is 11.1 Å². The van der Waals surface area contributed by atoms with Crippen molar-refractivity contribution in [1.29, 1.82) is 0 Å². The third-order valence-corrected chi connectivity index (χ3v) is 2.60. The van der Waals surface area contributed by atoms with E-state index in [1.54, 1.807) is 12.1 Å². The molecule has 0 radical (unpaired) electrons. The molecule has 0 atom stereocenters. The van der Waals surface area contributed by atoms with Gasteiger partial charge in [-0.3, -0.25) is 4.98 Å². The van der Waals surface area contributed by atoms with Gasteiger partial charge in [-0.1, -0.05) is 12.1 Å². The second-order valence-electron chi connectivity index (χ2n) is 3.82. The van der Waals surface area contributed by atoms with Crippen molar-refractivity contribution in [2.45, 2.75) is 12.7 Å². The predicted octanol–water partition coefficient (Wildman–Crippen LogP) is 3.23. The third kappa shape index (κ3) is 2.51. The van der Waals surface area contributed by atoms with Crippen LogP contribution in [-0.2, 0) is 12.7 Å². The molecule has 2 rings (SSSR count).